The van der Waals surface area contributed by atoms with Crippen molar-refractivity contribution in [2.24, 2.45) is 5.41 Å². The summed E-state index contributed by atoms with van der Waals surface area (Å²) in [6.07, 6.45) is 6.91. The van der Waals surface area contributed by atoms with Crippen molar-refractivity contribution in [3.63, 3.8) is 0 Å². The zero-order valence-electron chi connectivity index (χ0n) is 23.0. The van der Waals surface area contributed by atoms with Crippen LogP contribution in [0.15, 0.2) is 91.4 Å². The van der Waals surface area contributed by atoms with Crippen LogP contribution < -0.4 is 10.6 Å². The molecule has 4 rings (SSSR count). The number of hydrogen-bond acceptors (Lipinski definition) is 5. The van der Waals surface area contributed by atoms with Crippen LogP contribution in [-0.2, 0) is 0 Å². The minimum Gasteiger partial charge on any atom is -0.348 e. The van der Waals surface area contributed by atoms with E-state index in [1.54, 1.807) is 18.3 Å². The standard InChI is InChI=1S/C32H38FN5/c1-22(2)35-21-32(6)17-19-38(23(3)20-32)30(24(4)26-12-14-28(33)15-13-26)29-16-18-34-31(37-29)36-25(5)27-10-8-7-9-11-27/h7-19,22,25,35H,3,20-21H2,1-2,4-6H3,(H,34,36,37)/b30-24+/t25-,32?/m0/s1. The molecule has 1 unspecified atom stereocenters. The molecule has 2 heterocycles. The molecule has 6 heteroatoms. The van der Waals surface area contributed by atoms with E-state index in [-0.39, 0.29) is 17.3 Å². The quantitative estimate of drug-likeness (QED) is 0.313. The molecule has 1 aromatic heterocycles. The van der Waals surface area contributed by atoms with Crippen molar-refractivity contribution in [2.75, 3.05) is 11.9 Å². The third-order valence-electron chi connectivity index (χ3n) is 6.91. The van der Waals surface area contributed by atoms with E-state index in [4.69, 9.17) is 4.98 Å². The third kappa shape index (κ3) is 6.56. The minimum absolute atomic E-state index is 0.0380. The highest BCUT2D eigenvalue weighted by Gasteiger charge is 2.30. The highest BCUT2D eigenvalue weighted by Crippen LogP contribution is 2.39. The zero-order chi connectivity index (χ0) is 27.3. The Balaban J connectivity index is 1.73. The number of rotatable bonds is 9. The number of anilines is 1. The monoisotopic (exact) mass is 511 g/mol. The average Bonchev–Trinajstić information content (AvgIpc) is 2.90. The van der Waals surface area contributed by atoms with Crippen molar-refractivity contribution < 1.29 is 4.39 Å². The number of allylic oxidation sites excluding steroid dienone is 2. The highest BCUT2D eigenvalue weighted by atomic mass is 19.1. The van der Waals surface area contributed by atoms with Gasteiger partial charge >= 0.3 is 0 Å². The summed E-state index contributed by atoms with van der Waals surface area (Å²) in [5, 5.41) is 6.99. The van der Waals surface area contributed by atoms with Crippen LogP contribution in [0.1, 0.15) is 63.9 Å². The Hall–Kier alpha value is -3.77. The summed E-state index contributed by atoms with van der Waals surface area (Å²) in [7, 11) is 0. The molecule has 0 saturated carbocycles. The number of aromatic nitrogens is 2. The molecule has 0 bridgehead atoms. The van der Waals surface area contributed by atoms with Crippen LogP contribution in [0.25, 0.3) is 11.3 Å². The van der Waals surface area contributed by atoms with Gasteiger partial charge in [0.25, 0.3) is 0 Å². The van der Waals surface area contributed by atoms with Crippen LogP contribution in [0.5, 0.6) is 0 Å². The maximum atomic E-state index is 13.7. The fraction of sp³-hybridized carbons (Fsp3) is 0.312. The highest BCUT2D eigenvalue weighted by molar-refractivity contribution is 5.89. The Labute approximate surface area is 226 Å². The number of nitrogens with one attached hydrogen (secondary N) is 2. The van der Waals surface area contributed by atoms with E-state index in [0.717, 1.165) is 46.8 Å². The van der Waals surface area contributed by atoms with Crippen molar-refractivity contribution in [1.29, 1.82) is 0 Å². The van der Waals surface area contributed by atoms with Crippen molar-refractivity contribution in [1.82, 2.24) is 20.2 Å². The largest absolute Gasteiger partial charge is 0.348 e. The molecule has 0 aliphatic carbocycles. The molecule has 0 amide bonds. The molecule has 0 spiro atoms. The van der Waals surface area contributed by atoms with Gasteiger partial charge in [0, 0.05) is 36.1 Å². The van der Waals surface area contributed by atoms with E-state index in [0.29, 0.717) is 12.0 Å². The lowest BCUT2D eigenvalue weighted by atomic mass is 9.82. The first-order valence-electron chi connectivity index (χ1n) is 13.2. The smallest absolute Gasteiger partial charge is 0.223 e. The number of nitrogens with zero attached hydrogens (tertiary/aromatic N) is 3. The van der Waals surface area contributed by atoms with E-state index in [9.17, 15) is 4.39 Å². The van der Waals surface area contributed by atoms with E-state index >= 15 is 0 Å². The van der Waals surface area contributed by atoms with Crippen LogP contribution >= 0.6 is 0 Å². The van der Waals surface area contributed by atoms with Crippen LogP contribution in [0.3, 0.4) is 0 Å². The second-order valence-electron chi connectivity index (χ2n) is 10.6. The van der Waals surface area contributed by atoms with Gasteiger partial charge in [0.15, 0.2) is 0 Å². The van der Waals surface area contributed by atoms with Crippen LogP contribution in [-0.4, -0.2) is 27.5 Å². The van der Waals surface area contributed by atoms with Gasteiger partial charge in [-0.3, -0.25) is 0 Å². The number of hydrogen-bond donors (Lipinski definition) is 2. The second kappa shape index (κ2) is 11.7. The predicted molar refractivity (Wildman–Crippen MR) is 155 cm³/mol. The van der Waals surface area contributed by atoms with E-state index in [1.807, 2.05) is 31.2 Å². The predicted octanol–water partition coefficient (Wildman–Crippen LogP) is 7.41. The zero-order valence-corrected chi connectivity index (χ0v) is 23.0. The summed E-state index contributed by atoms with van der Waals surface area (Å²) in [6.45, 7) is 16.0. The van der Waals surface area contributed by atoms with Gasteiger partial charge in [0.1, 0.15) is 5.82 Å². The Kier molecular flexibility index (Phi) is 8.42. The third-order valence-corrected chi connectivity index (χ3v) is 6.91. The molecule has 38 heavy (non-hydrogen) atoms. The van der Waals surface area contributed by atoms with Gasteiger partial charge < -0.3 is 15.5 Å². The lowest BCUT2D eigenvalue weighted by Crippen LogP contribution is -2.38. The maximum Gasteiger partial charge on any atom is 0.223 e. The number of halogens is 1. The second-order valence-corrected chi connectivity index (χ2v) is 10.6. The van der Waals surface area contributed by atoms with Crippen LogP contribution in [0.4, 0.5) is 10.3 Å². The Morgan fingerprint density at radius 3 is 2.45 bits per heavy atom. The van der Waals surface area contributed by atoms with Gasteiger partial charge in [-0.05, 0) is 55.2 Å². The summed E-state index contributed by atoms with van der Waals surface area (Å²) in [5.74, 6) is 0.281. The summed E-state index contributed by atoms with van der Waals surface area (Å²) in [4.78, 5) is 11.5. The normalized spacial score (nSPS) is 18.9. The topological polar surface area (TPSA) is 53.1 Å². The molecule has 3 aromatic rings. The van der Waals surface area contributed by atoms with Gasteiger partial charge in [-0.1, -0.05) is 75.9 Å². The summed E-state index contributed by atoms with van der Waals surface area (Å²) < 4.78 is 13.7. The van der Waals surface area contributed by atoms with Gasteiger partial charge in [0.05, 0.1) is 17.4 Å². The molecule has 2 atom stereocenters. The molecular formula is C32H38FN5. The first-order chi connectivity index (χ1) is 18.1. The Morgan fingerprint density at radius 1 is 1.08 bits per heavy atom. The first-order valence-corrected chi connectivity index (χ1v) is 13.2. The van der Waals surface area contributed by atoms with Gasteiger partial charge in [-0.25, -0.2) is 14.4 Å². The lowest BCUT2D eigenvalue weighted by Gasteiger charge is -2.38. The first kappa shape index (κ1) is 27.3. The average molecular weight is 512 g/mol. The number of benzene rings is 2. The molecule has 198 valence electrons. The van der Waals surface area contributed by atoms with Gasteiger partial charge in [0.2, 0.25) is 5.95 Å². The minimum atomic E-state index is -0.262. The summed E-state index contributed by atoms with van der Waals surface area (Å²) >= 11 is 0. The van der Waals surface area contributed by atoms with Crippen molar-refractivity contribution in [3.8, 4) is 0 Å². The molecular weight excluding hydrogens is 473 g/mol. The fourth-order valence-electron chi connectivity index (χ4n) is 4.67. The molecule has 2 N–H and O–H groups in total. The van der Waals surface area contributed by atoms with Crippen molar-refractivity contribution in [2.45, 2.75) is 53.1 Å². The summed E-state index contributed by atoms with van der Waals surface area (Å²) in [6, 6.07) is 19.2. The molecule has 0 saturated heterocycles. The molecule has 1 aliphatic heterocycles. The molecule has 0 radical (unpaired) electrons. The Morgan fingerprint density at radius 2 is 1.79 bits per heavy atom. The van der Waals surface area contributed by atoms with Crippen LogP contribution in [0, 0.1) is 11.2 Å². The van der Waals surface area contributed by atoms with Crippen molar-refractivity contribution in [3.05, 3.63) is 114 Å². The van der Waals surface area contributed by atoms with Gasteiger partial charge in [-0.15, -0.1) is 0 Å². The molecule has 0 fully saturated rings. The molecule has 5 nitrogen and oxygen atoms in total. The van der Waals surface area contributed by atoms with E-state index in [2.05, 4.69) is 79.2 Å². The summed E-state index contributed by atoms with van der Waals surface area (Å²) in [5.41, 5.74) is 5.64. The van der Waals surface area contributed by atoms with E-state index < -0.39 is 0 Å². The fourth-order valence-corrected chi connectivity index (χ4v) is 4.67. The van der Waals surface area contributed by atoms with Gasteiger partial charge in [-0.2, -0.15) is 0 Å². The van der Waals surface area contributed by atoms with Crippen molar-refractivity contribution >= 4 is 17.2 Å². The maximum absolute atomic E-state index is 13.7. The van der Waals surface area contributed by atoms with E-state index in [1.165, 1.54) is 12.1 Å². The lowest BCUT2D eigenvalue weighted by molar-refractivity contribution is 0.332. The molecule has 2 aromatic carbocycles. The van der Waals surface area contributed by atoms with Crippen LogP contribution in [0.2, 0.25) is 0 Å². The SMILES string of the molecule is C=C1CC(C)(CNC(C)C)C=CN1/C(=C(\C)c1ccc(F)cc1)c1ccnc(N[C@@H](C)c2ccccc2)n1. The Bertz CT molecular complexity index is 1310. The molecule has 1 aliphatic rings.